The average Bonchev–Trinajstić information content (AvgIpc) is 2.94. The molecule has 3 nitrogen and oxygen atoms in total. The van der Waals surface area contributed by atoms with Crippen LogP contribution >= 0.6 is 11.6 Å². The molecular weight excluding hydrogens is 318 g/mol. The SMILES string of the molecule is Clc1ccc(C2(c3n[nH]c4cc5ccccc5c-4n3)CCC2)cc1. The summed E-state index contributed by atoms with van der Waals surface area (Å²) < 4.78 is 0. The first-order valence-corrected chi connectivity index (χ1v) is 8.64. The van der Waals surface area contributed by atoms with Crippen LogP contribution in [-0.2, 0) is 5.41 Å². The molecule has 1 heterocycles. The predicted octanol–water partition coefficient (Wildman–Crippen LogP) is 5.19. The minimum Gasteiger partial charge on any atom is -0.274 e. The number of hydrogen-bond acceptors (Lipinski definition) is 2. The Hall–Kier alpha value is -2.39. The Balaban J connectivity index is 1.71. The first kappa shape index (κ1) is 14.0. The number of fused-ring (bicyclic) bond motifs is 3. The van der Waals surface area contributed by atoms with Crippen molar-refractivity contribution in [3.05, 3.63) is 71.0 Å². The summed E-state index contributed by atoms with van der Waals surface area (Å²) in [7, 11) is 0. The van der Waals surface area contributed by atoms with E-state index in [9.17, 15) is 0 Å². The smallest absolute Gasteiger partial charge is 0.159 e. The van der Waals surface area contributed by atoms with Crippen LogP contribution in [0.25, 0.3) is 22.2 Å². The zero-order valence-corrected chi connectivity index (χ0v) is 13.8. The van der Waals surface area contributed by atoms with Crippen LogP contribution in [0.1, 0.15) is 30.7 Å². The number of H-pyrrole nitrogens is 1. The van der Waals surface area contributed by atoms with Crippen molar-refractivity contribution < 1.29 is 0 Å². The summed E-state index contributed by atoms with van der Waals surface area (Å²) in [4.78, 5) is 4.98. The summed E-state index contributed by atoms with van der Waals surface area (Å²) in [6.45, 7) is 0. The Morgan fingerprint density at radius 3 is 2.54 bits per heavy atom. The Labute approximate surface area is 145 Å². The van der Waals surface area contributed by atoms with Gasteiger partial charge in [0.05, 0.1) is 16.8 Å². The van der Waals surface area contributed by atoms with Gasteiger partial charge in [-0.25, -0.2) is 4.98 Å². The van der Waals surface area contributed by atoms with Gasteiger partial charge in [0.1, 0.15) is 0 Å². The molecule has 0 amide bonds. The monoisotopic (exact) mass is 333 g/mol. The minimum atomic E-state index is -0.0896. The van der Waals surface area contributed by atoms with E-state index in [1.165, 1.54) is 22.8 Å². The first-order chi connectivity index (χ1) is 11.8. The summed E-state index contributed by atoms with van der Waals surface area (Å²) in [5, 5.41) is 11.0. The molecule has 0 unspecified atom stereocenters. The van der Waals surface area contributed by atoms with Crippen molar-refractivity contribution in [2.45, 2.75) is 24.7 Å². The molecule has 3 aliphatic rings. The maximum Gasteiger partial charge on any atom is 0.159 e. The van der Waals surface area contributed by atoms with Crippen molar-refractivity contribution in [2.75, 3.05) is 0 Å². The lowest BCUT2D eigenvalue weighted by atomic mass is 9.64. The molecule has 0 atom stereocenters. The Kier molecular flexibility index (Phi) is 2.95. The van der Waals surface area contributed by atoms with Gasteiger partial charge in [0, 0.05) is 10.4 Å². The molecule has 2 aromatic rings. The number of halogens is 1. The van der Waals surface area contributed by atoms with Crippen LogP contribution in [0.3, 0.4) is 0 Å². The lowest BCUT2D eigenvalue weighted by Gasteiger charge is -2.40. The molecule has 0 aromatic heterocycles. The van der Waals surface area contributed by atoms with Crippen molar-refractivity contribution in [1.82, 2.24) is 15.2 Å². The molecule has 2 aliphatic carbocycles. The maximum atomic E-state index is 6.06. The average molecular weight is 334 g/mol. The van der Waals surface area contributed by atoms with Crippen molar-refractivity contribution in [3.63, 3.8) is 0 Å². The fourth-order valence-electron chi connectivity index (χ4n) is 3.81. The van der Waals surface area contributed by atoms with E-state index in [1.54, 1.807) is 0 Å². The van der Waals surface area contributed by atoms with Gasteiger partial charge in [-0.3, -0.25) is 5.10 Å². The normalized spacial score (nSPS) is 16.4. The molecule has 1 fully saturated rings. The van der Waals surface area contributed by atoms with Crippen LogP contribution < -0.4 is 0 Å². The highest BCUT2D eigenvalue weighted by atomic mass is 35.5. The van der Waals surface area contributed by atoms with Crippen LogP contribution in [0.15, 0.2) is 54.6 Å². The molecule has 0 spiro atoms. The van der Waals surface area contributed by atoms with Gasteiger partial charge >= 0.3 is 0 Å². The van der Waals surface area contributed by atoms with E-state index in [0.717, 1.165) is 35.1 Å². The second-order valence-electron chi connectivity index (χ2n) is 6.60. The number of benzene rings is 2. The molecule has 1 N–H and O–H groups in total. The summed E-state index contributed by atoms with van der Waals surface area (Å²) in [5.41, 5.74) is 3.16. The molecule has 118 valence electrons. The predicted molar refractivity (Wildman–Crippen MR) is 96.6 cm³/mol. The van der Waals surface area contributed by atoms with Gasteiger partial charge in [-0.1, -0.05) is 54.4 Å². The first-order valence-electron chi connectivity index (χ1n) is 8.27. The van der Waals surface area contributed by atoms with Gasteiger partial charge < -0.3 is 0 Å². The molecule has 5 rings (SSSR count). The third kappa shape index (κ3) is 1.91. The van der Waals surface area contributed by atoms with Crippen LogP contribution in [0.5, 0.6) is 0 Å². The topological polar surface area (TPSA) is 41.6 Å². The molecule has 1 aliphatic heterocycles. The van der Waals surface area contributed by atoms with Gasteiger partial charge in [-0.2, -0.15) is 5.10 Å². The molecule has 1 saturated carbocycles. The number of aromatic nitrogens is 3. The highest BCUT2D eigenvalue weighted by molar-refractivity contribution is 6.30. The number of aromatic amines is 1. The molecule has 0 radical (unpaired) electrons. The maximum absolute atomic E-state index is 6.06. The van der Waals surface area contributed by atoms with Crippen molar-refractivity contribution in [1.29, 1.82) is 0 Å². The number of nitrogens with zero attached hydrogens (tertiary/aromatic N) is 2. The van der Waals surface area contributed by atoms with Crippen molar-refractivity contribution in [2.24, 2.45) is 0 Å². The molecule has 0 bridgehead atoms. The van der Waals surface area contributed by atoms with Crippen LogP contribution in [0, 0.1) is 0 Å². The number of hydrogen-bond donors (Lipinski definition) is 1. The Bertz CT molecular complexity index is 999. The number of rotatable bonds is 2. The largest absolute Gasteiger partial charge is 0.274 e. The van der Waals surface area contributed by atoms with Gasteiger partial charge in [0.2, 0.25) is 0 Å². The van der Waals surface area contributed by atoms with Gasteiger partial charge in [-0.05, 0) is 42.0 Å². The molecule has 2 aromatic carbocycles. The van der Waals surface area contributed by atoms with Crippen LogP contribution in [-0.4, -0.2) is 15.2 Å². The summed E-state index contributed by atoms with van der Waals surface area (Å²) in [6, 6.07) is 18.6. The van der Waals surface area contributed by atoms with Gasteiger partial charge in [0.25, 0.3) is 0 Å². The fraction of sp³-hybridized carbons (Fsp3) is 0.200. The van der Waals surface area contributed by atoms with E-state index < -0.39 is 0 Å². The third-order valence-corrected chi connectivity index (χ3v) is 5.55. The van der Waals surface area contributed by atoms with Crippen molar-refractivity contribution >= 4 is 22.4 Å². The molecular formula is C20H16ClN3. The Morgan fingerprint density at radius 2 is 1.79 bits per heavy atom. The zero-order chi connectivity index (χ0) is 16.1. The molecule has 4 heteroatoms. The highest BCUT2D eigenvalue weighted by Gasteiger charge is 2.43. The quantitative estimate of drug-likeness (QED) is 0.548. The van der Waals surface area contributed by atoms with E-state index in [1.807, 2.05) is 12.1 Å². The number of nitrogens with one attached hydrogen (secondary N) is 1. The lowest BCUT2D eigenvalue weighted by Crippen LogP contribution is -2.37. The van der Waals surface area contributed by atoms with E-state index in [-0.39, 0.29) is 5.41 Å². The summed E-state index contributed by atoms with van der Waals surface area (Å²) in [5.74, 6) is 0.889. The van der Waals surface area contributed by atoms with E-state index in [4.69, 9.17) is 16.6 Å². The van der Waals surface area contributed by atoms with Crippen molar-refractivity contribution in [3.8, 4) is 11.4 Å². The van der Waals surface area contributed by atoms with Gasteiger partial charge in [0.15, 0.2) is 5.82 Å². The van der Waals surface area contributed by atoms with E-state index >= 15 is 0 Å². The van der Waals surface area contributed by atoms with E-state index in [0.29, 0.717) is 0 Å². The second kappa shape index (κ2) is 5.05. The molecule has 24 heavy (non-hydrogen) atoms. The standard InChI is InChI=1S/C20H16ClN3/c21-15-8-6-14(7-9-15)20(10-3-11-20)19-22-18-16-5-2-1-4-13(16)12-17(18)23-24-19/h1-2,4-9,12,23H,3,10-11H2. The third-order valence-electron chi connectivity index (χ3n) is 5.30. The highest BCUT2D eigenvalue weighted by Crippen LogP contribution is 2.48. The zero-order valence-electron chi connectivity index (χ0n) is 13.1. The van der Waals surface area contributed by atoms with Crippen LogP contribution in [0.2, 0.25) is 5.02 Å². The summed E-state index contributed by atoms with van der Waals surface area (Å²) >= 11 is 6.06. The summed E-state index contributed by atoms with van der Waals surface area (Å²) in [6.07, 6.45) is 3.35. The van der Waals surface area contributed by atoms with E-state index in [2.05, 4.69) is 52.7 Å². The van der Waals surface area contributed by atoms with Crippen LogP contribution in [0.4, 0.5) is 0 Å². The second-order valence-corrected chi connectivity index (χ2v) is 7.03. The van der Waals surface area contributed by atoms with Gasteiger partial charge in [-0.15, -0.1) is 0 Å². The fourth-order valence-corrected chi connectivity index (χ4v) is 3.94. The Morgan fingerprint density at radius 1 is 1.00 bits per heavy atom. The minimum absolute atomic E-state index is 0.0896. The lowest BCUT2D eigenvalue weighted by molar-refractivity contribution is 0.282. The molecule has 0 saturated heterocycles.